The van der Waals surface area contributed by atoms with E-state index in [1.807, 2.05) is 4.90 Å². The van der Waals surface area contributed by atoms with Crippen LogP contribution in [-0.2, 0) is 14.8 Å². The van der Waals surface area contributed by atoms with E-state index < -0.39 is 22.0 Å². The Hall–Kier alpha value is -1.68. The molecule has 1 heterocycles. The van der Waals surface area contributed by atoms with Gasteiger partial charge in [0.1, 0.15) is 0 Å². The molecule has 1 aliphatic rings. The van der Waals surface area contributed by atoms with Crippen LogP contribution in [0.1, 0.15) is 13.8 Å². The van der Waals surface area contributed by atoms with Gasteiger partial charge < -0.3 is 5.32 Å². The van der Waals surface area contributed by atoms with Crippen molar-refractivity contribution in [2.75, 3.05) is 32.7 Å². The molecule has 0 aliphatic carbocycles. The largest absolute Gasteiger partial charge is 0.336 e. The van der Waals surface area contributed by atoms with Crippen LogP contribution < -0.4 is 10.6 Å². The summed E-state index contributed by atoms with van der Waals surface area (Å²) in [5.41, 5.74) is 0. The van der Waals surface area contributed by atoms with Gasteiger partial charge in [-0.1, -0.05) is 11.6 Å². The van der Waals surface area contributed by atoms with Crippen LogP contribution in [0.2, 0.25) is 5.02 Å². The Morgan fingerprint density at radius 2 is 1.69 bits per heavy atom. The Labute approximate surface area is 158 Å². The van der Waals surface area contributed by atoms with E-state index in [1.165, 1.54) is 28.6 Å². The van der Waals surface area contributed by atoms with Gasteiger partial charge in [0.25, 0.3) is 0 Å². The normalized spacial score (nSPS) is 16.5. The van der Waals surface area contributed by atoms with Gasteiger partial charge in [0.05, 0.1) is 11.4 Å². The van der Waals surface area contributed by atoms with Crippen molar-refractivity contribution in [2.24, 2.45) is 0 Å². The van der Waals surface area contributed by atoms with Gasteiger partial charge in [-0.25, -0.2) is 13.2 Å². The van der Waals surface area contributed by atoms with Gasteiger partial charge in [-0.2, -0.15) is 4.31 Å². The molecule has 1 aromatic rings. The molecule has 0 atom stereocenters. The van der Waals surface area contributed by atoms with E-state index in [9.17, 15) is 18.0 Å². The standard InChI is InChI=1S/C16H23ClN4O4S/c1-12(2)18-16(23)19-15(22)11-20-7-9-21(10-8-20)26(24,25)14-5-3-13(17)4-6-14/h3-6,12H,7-11H2,1-2H3,(H2,18,19,22,23). The number of halogens is 1. The molecule has 1 fully saturated rings. The fraction of sp³-hybridized carbons (Fsp3) is 0.500. The van der Waals surface area contributed by atoms with Crippen LogP contribution in [0.3, 0.4) is 0 Å². The van der Waals surface area contributed by atoms with Crippen molar-refractivity contribution in [1.82, 2.24) is 19.8 Å². The molecule has 0 bridgehead atoms. The van der Waals surface area contributed by atoms with E-state index in [0.29, 0.717) is 18.1 Å². The molecule has 2 rings (SSSR count). The second-order valence-corrected chi connectivity index (χ2v) is 8.68. The Bertz CT molecular complexity index is 744. The number of rotatable bonds is 5. The van der Waals surface area contributed by atoms with E-state index in [0.717, 1.165) is 0 Å². The van der Waals surface area contributed by atoms with Crippen LogP contribution in [0.25, 0.3) is 0 Å². The van der Waals surface area contributed by atoms with Gasteiger partial charge in [-0.05, 0) is 38.1 Å². The van der Waals surface area contributed by atoms with Gasteiger partial charge in [-0.15, -0.1) is 0 Å². The van der Waals surface area contributed by atoms with Crippen LogP contribution in [-0.4, -0.2) is 68.3 Å². The zero-order chi connectivity index (χ0) is 19.3. The third-order valence-electron chi connectivity index (χ3n) is 3.82. The number of nitrogens with zero attached hydrogens (tertiary/aromatic N) is 2. The highest BCUT2D eigenvalue weighted by Crippen LogP contribution is 2.19. The van der Waals surface area contributed by atoms with Crippen molar-refractivity contribution in [1.29, 1.82) is 0 Å². The van der Waals surface area contributed by atoms with Gasteiger partial charge in [0.2, 0.25) is 15.9 Å². The molecule has 1 saturated heterocycles. The maximum Gasteiger partial charge on any atom is 0.321 e. The Morgan fingerprint density at radius 1 is 1.12 bits per heavy atom. The monoisotopic (exact) mass is 402 g/mol. The molecule has 0 aromatic heterocycles. The second-order valence-electron chi connectivity index (χ2n) is 6.31. The summed E-state index contributed by atoms with van der Waals surface area (Å²) in [6.45, 7) is 5.00. The number of sulfonamides is 1. The van der Waals surface area contributed by atoms with Crippen molar-refractivity contribution in [3.8, 4) is 0 Å². The lowest BCUT2D eigenvalue weighted by Crippen LogP contribution is -2.52. The quantitative estimate of drug-likeness (QED) is 0.761. The van der Waals surface area contributed by atoms with Crippen LogP contribution in [0.5, 0.6) is 0 Å². The number of imide groups is 1. The summed E-state index contributed by atoms with van der Waals surface area (Å²) in [6, 6.07) is 5.43. The fourth-order valence-electron chi connectivity index (χ4n) is 2.55. The molecule has 2 N–H and O–H groups in total. The highest BCUT2D eigenvalue weighted by molar-refractivity contribution is 7.89. The molecule has 10 heteroatoms. The third kappa shape index (κ3) is 5.66. The second kappa shape index (κ2) is 8.81. The topological polar surface area (TPSA) is 98.8 Å². The number of nitrogens with one attached hydrogen (secondary N) is 2. The Morgan fingerprint density at radius 3 is 2.23 bits per heavy atom. The summed E-state index contributed by atoms with van der Waals surface area (Å²) in [5.74, 6) is -0.419. The number of hydrogen-bond acceptors (Lipinski definition) is 5. The fourth-order valence-corrected chi connectivity index (χ4v) is 4.10. The number of benzene rings is 1. The average Bonchev–Trinajstić information content (AvgIpc) is 2.54. The van der Waals surface area contributed by atoms with E-state index in [-0.39, 0.29) is 30.6 Å². The summed E-state index contributed by atoms with van der Waals surface area (Å²) in [7, 11) is -3.58. The minimum absolute atomic E-state index is 0.0420. The smallest absolute Gasteiger partial charge is 0.321 e. The first-order valence-corrected chi connectivity index (χ1v) is 10.1. The first-order chi connectivity index (χ1) is 12.2. The Balaban J connectivity index is 1.86. The number of urea groups is 1. The van der Waals surface area contributed by atoms with E-state index in [1.54, 1.807) is 13.8 Å². The molecule has 26 heavy (non-hydrogen) atoms. The van der Waals surface area contributed by atoms with Crippen molar-refractivity contribution < 1.29 is 18.0 Å². The summed E-state index contributed by atoms with van der Waals surface area (Å²) < 4.78 is 26.6. The van der Waals surface area contributed by atoms with E-state index in [2.05, 4.69) is 10.6 Å². The lowest BCUT2D eigenvalue weighted by molar-refractivity contribution is -0.121. The molecule has 1 aromatic carbocycles. The van der Waals surface area contributed by atoms with Crippen molar-refractivity contribution >= 4 is 33.6 Å². The minimum Gasteiger partial charge on any atom is -0.336 e. The lowest BCUT2D eigenvalue weighted by atomic mass is 10.3. The predicted molar refractivity (Wildman–Crippen MR) is 98.5 cm³/mol. The van der Waals surface area contributed by atoms with Crippen molar-refractivity contribution in [2.45, 2.75) is 24.8 Å². The van der Waals surface area contributed by atoms with Crippen LogP contribution in [0, 0.1) is 0 Å². The van der Waals surface area contributed by atoms with E-state index in [4.69, 9.17) is 11.6 Å². The molecule has 3 amide bonds. The van der Waals surface area contributed by atoms with Crippen LogP contribution >= 0.6 is 11.6 Å². The maximum absolute atomic E-state index is 12.6. The number of carbonyl (C=O) groups is 2. The highest BCUT2D eigenvalue weighted by atomic mass is 35.5. The molecular weight excluding hydrogens is 380 g/mol. The summed E-state index contributed by atoms with van der Waals surface area (Å²) in [5, 5.41) is 5.30. The molecule has 8 nitrogen and oxygen atoms in total. The zero-order valence-electron chi connectivity index (χ0n) is 14.7. The molecular formula is C16H23ClN4O4S. The van der Waals surface area contributed by atoms with Crippen molar-refractivity contribution in [3.05, 3.63) is 29.3 Å². The summed E-state index contributed by atoms with van der Waals surface area (Å²) in [4.78, 5) is 25.4. The third-order valence-corrected chi connectivity index (χ3v) is 5.99. The summed E-state index contributed by atoms with van der Waals surface area (Å²) in [6.07, 6.45) is 0. The number of amides is 3. The first kappa shape index (κ1) is 20.6. The number of piperazine rings is 1. The highest BCUT2D eigenvalue weighted by Gasteiger charge is 2.29. The first-order valence-electron chi connectivity index (χ1n) is 8.27. The van der Waals surface area contributed by atoms with Gasteiger partial charge in [0.15, 0.2) is 0 Å². The number of hydrogen-bond donors (Lipinski definition) is 2. The van der Waals surface area contributed by atoms with Gasteiger partial charge in [0, 0.05) is 37.2 Å². The van der Waals surface area contributed by atoms with Crippen LogP contribution in [0.4, 0.5) is 4.79 Å². The minimum atomic E-state index is -3.58. The molecule has 0 radical (unpaired) electrons. The predicted octanol–water partition coefficient (Wildman–Crippen LogP) is 0.880. The molecule has 1 aliphatic heterocycles. The van der Waals surface area contributed by atoms with Gasteiger partial charge >= 0.3 is 6.03 Å². The molecule has 0 spiro atoms. The van der Waals surface area contributed by atoms with Gasteiger partial charge in [-0.3, -0.25) is 15.0 Å². The maximum atomic E-state index is 12.6. The Kier molecular flexibility index (Phi) is 6.99. The SMILES string of the molecule is CC(C)NC(=O)NC(=O)CN1CCN(S(=O)(=O)c2ccc(Cl)cc2)CC1. The van der Waals surface area contributed by atoms with Crippen molar-refractivity contribution in [3.63, 3.8) is 0 Å². The molecule has 0 saturated carbocycles. The zero-order valence-corrected chi connectivity index (χ0v) is 16.3. The van der Waals surface area contributed by atoms with E-state index >= 15 is 0 Å². The lowest BCUT2D eigenvalue weighted by Gasteiger charge is -2.33. The molecule has 0 unspecified atom stereocenters. The number of carbonyl (C=O) groups excluding carboxylic acids is 2. The summed E-state index contributed by atoms with van der Waals surface area (Å²) >= 11 is 5.80. The average molecular weight is 403 g/mol. The molecule has 144 valence electrons. The van der Waals surface area contributed by atoms with Crippen LogP contribution in [0.15, 0.2) is 29.2 Å².